The van der Waals surface area contributed by atoms with Crippen molar-refractivity contribution in [1.82, 2.24) is 20.1 Å². The highest BCUT2D eigenvalue weighted by Gasteiger charge is 2.29. The largest absolute Gasteiger partial charge is 0.391 e. The predicted molar refractivity (Wildman–Crippen MR) is 47.3 cm³/mol. The van der Waals surface area contributed by atoms with Crippen LogP contribution in [0.3, 0.4) is 0 Å². The fourth-order valence-corrected chi connectivity index (χ4v) is 1.73. The standard InChI is InChI=1S/C8H14N4O/c1-2-12-8(10-5-11-12)6-3-9-4-7(6)13/h5-7,9,13H,2-4H2,1H3. The van der Waals surface area contributed by atoms with Crippen molar-refractivity contribution in [2.75, 3.05) is 13.1 Å². The topological polar surface area (TPSA) is 63.0 Å². The SMILES string of the molecule is CCn1ncnc1C1CNCC1O. The van der Waals surface area contributed by atoms with E-state index in [1.54, 1.807) is 6.33 Å². The van der Waals surface area contributed by atoms with Crippen LogP contribution in [0.25, 0.3) is 0 Å². The normalized spacial score (nSPS) is 28.2. The Balaban J connectivity index is 2.23. The molecule has 0 aromatic carbocycles. The van der Waals surface area contributed by atoms with Gasteiger partial charge < -0.3 is 10.4 Å². The van der Waals surface area contributed by atoms with Crippen molar-refractivity contribution in [3.05, 3.63) is 12.2 Å². The number of aryl methyl sites for hydroxylation is 1. The van der Waals surface area contributed by atoms with Gasteiger partial charge in [-0.15, -0.1) is 0 Å². The summed E-state index contributed by atoms with van der Waals surface area (Å²) in [6, 6.07) is 0. The first kappa shape index (κ1) is 8.65. The zero-order valence-electron chi connectivity index (χ0n) is 7.64. The second-order valence-electron chi connectivity index (χ2n) is 3.27. The van der Waals surface area contributed by atoms with Crippen LogP contribution >= 0.6 is 0 Å². The van der Waals surface area contributed by atoms with E-state index in [0.717, 1.165) is 18.9 Å². The van der Waals surface area contributed by atoms with Crippen LogP contribution in [0.5, 0.6) is 0 Å². The number of hydrogen-bond donors (Lipinski definition) is 2. The minimum atomic E-state index is -0.325. The Hall–Kier alpha value is -0.940. The Kier molecular flexibility index (Phi) is 2.28. The van der Waals surface area contributed by atoms with Crippen LogP contribution in [0.2, 0.25) is 0 Å². The lowest BCUT2D eigenvalue weighted by Gasteiger charge is -2.12. The van der Waals surface area contributed by atoms with Crippen molar-refractivity contribution in [1.29, 1.82) is 0 Å². The van der Waals surface area contributed by atoms with Crippen LogP contribution in [-0.4, -0.2) is 39.1 Å². The van der Waals surface area contributed by atoms with Gasteiger partial charge in [0.15, 0.2) is 0 Å². The lowest BCUT2D eigenvalue weighted by molar-refractivity contribution is 0.172. The highest BCUT2D eigenvalue weighted by molar-refractivity contribution is 5.04. The third-order valence-corrected chi connectivity index (χ3v) is 2.46. The van der Waals surface area contributed by atoms with Crippen LogP contribution in [0.1, 0.15) is 18.7 Å². The molecular formula is C8H14N4O. The van der Waals surface area contributed by atoms with Crippen molar-refractivity contribution in [3.8, 4) is 0 Å². The maximum Gasteiger partial charge on any atom is 0.138 e. The van der Waals surface area contributed by atoms with Crippen molar-refractivity contribution in [3.63, 3.8) is 0 Å². The van der Waals surface area contributed by atoms with Gasteiger partial charge in [0.25, 0.3) is 0 Å². The van der Waals surface area contributed by atoms with E-state index in [2.05, 4.69) is 15.4 Å². The van der Waals surface area contributed by atoms with E-state index in [-0.39, 0.29) is 12.0 Å². The first-order valence-corrected chi connectivity index (χ1v) is 4.59. The number of aliphatic hydroxyl groups excluding tert-OH is 1. The molecule has 0 bridgehead atoms. The Labute approximate surface area is 76.8 Å². The predicted octanol–water partition coefficient (Wildman–Crippen LogP) is -0.654. The summed E-state index contributed by atoms with van der Waals surface area (Å²) in [7, 11) is 0. The van der Waals surface area contributed by atoms with Gasteiger partial charge in [0.1, 0.15) is 12.2 Å². The maximum atomic E-state index is 9.64. The molecule has 1 saturated heterocycles. The summed E-state index contributed by atoms with van der Waals surface area (Å²) >= 11 is 0. The van der Waals surface area contributed by atoms with E-state index in [4.69, 9.17) is 0 Å². The summed E-state index contributed by atoms with van der Waals surface area (Å²) in [5.41, 5.74) is 0. The van der Waals surface area contributed by atoms with E-state index in [1.807, 2.05) is 11.6 Å². The van der Waals surface area contributed by atoms with E-state index in [1.165, 1.54) is 0 Å². The molecule has 72 valence electrons. The van der Waals surface area contributed by atoms with Gasteiger partial charge in [-0.25, -0.2) is 9.67 Å². The van der Waals surface area contributed by atoms with Gasteiger partial charge in [-0.1, -0.05) is 0 Å². The van der Waals surface area contributed by atoms with Crippen molar-refractivity contribution >= 4 is 0 Å². The molecule has 0 amide bonds. The van der Waals surface area contributed by atoms with Crippen LogP contribution in [0, 0.1) is 0 Å². The molecule has 2 heterocycles. The number of aliphatic hydroxyl groups is 1. The van der Waals surface area contributed by atoms with E-state index in [0.29, 0.717) is 6.54 Å². The van der Waals surface area contributed by atoms with E-state index in [9.17, 15) is 5.11 Å². The average molecular weight is 182 g/mol. The fourth-order valence-electron chi connectivity index (χ4n) is 1.73. The minimum absolute atomic E-state index is 0.0995. The number of aromatic nitrogens is 3. The number of hydrogen-bond acceptors (Lipinski definition) is 4. The summed E-state index contributed by atoms with van der Waals surface area (Å²) in [5, 5.41) is 16.8. The summed E-state index contributed by atoms with van der Waals surface area (Å²) < 4.78 is 1.83. The Morgan fingerprint density at radius 2 is 2.54 bits per heavy atom. The van der Waals surface area contributed by atoms with Gasteiger partial charge in [0, 0.05) is 19.6 Å². The molecule has 0 spiro atoms. The minimum Gasteiger partial charge on any atom is -0.391 e. The quantitative estimate of drug-likeness (QED) is 0.637. The van der Waals surface area contributed by atoms with Crippen molar-refractivity contribution in [2.45, 2.75) is 25.5 Å². The van der Waals surface area contributed by atoms with Crippen LogP contribution < -0.4 is 5.32 Å². The molecule has 5 nitrogen and oxygen atoms in total. The third-order valence-electron chi connectivity index (χ3n) is 2.46. The summed E-state index contributed by atoms with van der Waals surface area (Å²) in [6.07, 6.45) is 1.22. The van der Waals surface area contributed by atoms with Crippen LogP contribution in [0.4, 0.5) is 0 Å². The van der Waals surface area contributed by atoms with E-state index >= 15 is 0 Å². The Bertz CT molecular complexity index is 285. The van der Waals surface area contributed by atoms with Gasteiger partial charge in [-0.2, -0.15) is 5.10 Å². The molecule has 1 aliphatic rings. The number of rotatable bonds is 2. The van der Waals surface area contributed by atoms with Gasteiger partial charge in [0.2, 0.25) is 0 Å². The first-order chi connectivity index (χ1) is 6.33. The van der Waals surface area contributed by atoms with Crippen molar-refractivity contribution < 1.29 is 5.11 Å². The molecule has 2 unspecified atom stereocenters. The molecular weight excluding hydrogens is 168 g/mol. The fraction of sp³-hybridized carbons (Fsp3) is 0.750. The maximum absolute atomic E-state index is 9.64. The van der Waals surface area contributed by atoms with Gasteiger partial charge >= 0.3 is 0 Å². The van der Waals surface area contributed by atoms with E-state index < -0.39 is 0 Å². The molecule has 0 aliphatic carbocycles. The smallest absolute Gasteiger partial charge is 0.138 e. The second kappa shape index (κ2) is 3.43. The second-order valence-corrected chi connectivity index (χ2v) is 3.27. The molecule has 2 rings (SSSR count). The molecule has 5 heteroatoms. The number of nitrogens with zero attached hydrogens (tertiary/aromatic N) is 3. The average Bonchev–Trinajstić information content (AvgIpc) is 2.71. The van der Waals surface area contributed by atoms with Crippen LogP contribution in [-0.2, 0) is 6.54 Å². The molecule has 1 aromatic rings. The van der Waals surface area contributed by atoms with Gasteiger partial charge in [-0.3, -0.25) is 0 Å². The Morgan fingerprint density at radius 1 is 1.69 bits per heavy atom. The zero-order chi connectivity index (χ0) is 9.26. The zero-order valence-corrected chi connectivity index (χ0v) is 7.64. The molecule has 2 atom stereocenters. The summed E-state index contributed by atoms with van der Waals surface area (Å²) in [6.45, 7) is 4.27. The lowest BCUT2D eigenvalue weighted by Crippen LogP contribution is -2.20. The molecule has 1 aliphatic heterocycles. The monoisotopic (exact) mass is 182 g/mol. The highest BCUT2D eigenvalue weighted by atomic mass is 16.3. The third kappa shape index (κ3) is 1.45. The molecule has 1 aromatic heterocycles. The Morgan fingerprint density at radius 3 is 3.15 bits per heavy atom. The summed E-state index contributed by atoms with van der Waals surface area (Å²) in [4.78, 5) is 4.17. The number of β-amino-alcohol motifs (C(OH)–C–C–N with tert-alkyl or cyclic N) is 1. The molecule has 13 heavy (non-hydrogen) atoms. The molecule has 1 fully saturated rings. The van der Waals surface area contributed by atoms with Crippen molar-refractivity contribution in [2.24, 2.45) is 0 Å². The van der Waals surface area contributed by atoms with Gasteiger partial charge in [0.05, 0.1) is 12.0 Å². The molecule has 0 radical (unpaired) electrons. The van der Waals surface area contributed by atoms with Gasteiger partial charge in [-0.05, 0) is 6.92 Å². The highest BCUT2D eigenvalue weighted by Crippen LogP contribution is 2.20. The molecule has 0 saturated carbocycles. The lowest BCUT2D eigenvalue weighted by atomic mass is 10.1. The molecule has 2 N–H and O–H groups in total. The first-order valence-electron chi connectivity index (χ1n) is 4.59. The van der Waals surface area contributed by atoms with Crippen LogP contribution in [0.15, 0.2) is 6.33 Å². The summed E-state index contributed by atoms with van der Waals surface area (Å²) in [5.74, 6) is 0.988. The number of nitrogens with one attached hydrogen (secondary N) is 1.